The lowest BCUT2D eigenvalue weighted by atomic mass is 10.2. The van der Waals surface area contributed by atoms with Gasteiger partial charge in [0, 0.05) is 6.20 Å². The van der Waals surface area contributed by atoms with Crippen LogP contribution in [0.4, 0.5) is 13.2 Å². The van der Waals surface area contributed by atoms with Gasteiger partial charge < -0.3 is 9.73 Å². The number of halogens is 3. The number of aromatic nitrogens is 3. The number of carbonyl (C=O) groups excluding carboxylic acids is 1. The fourth-order valence-electron chi connectivity index (χ4n) is 1.96. The molecule has 9 heteroatoms. The van der Waals surface area contributed by atoms with Crippen molar-refractivity contribution >= 4 is 11.6 Å². The molecule has 0 aliphatic heterocycles. The number of hydrogen-bond donors (Lipinski definition) is 1. The van der Waals surface area contributed by atoms with Crippen molar-refractivity contribution in [3.05, 3.63) is 53.9 Å². The van der Waals surface area contributed by atoms with E-state index in [-0.39, 0.29) is 23.8 Å². The van der Waals surface area contributed by atoms with Crippen molar-refractivity contribution in [1.82, 2.24) is 19.9 Å². The fraction of sp³-hybridized carbons (Fsp3) is 0.154. The predicted molar refractivity (Wildman–Crippen MR) is 67.9 cm³/mol. The highest BCUT2D eigenvalue weighted by molar-refractivity contribution is 5.91. The molecule has 0 spiro atoms. The van der Waals surface area contributed by atoms with E-state index in [4.69, 9.17) is 4.42 Å². The monoisotopic (exact) mass is 310 g/mol. The van der Waals surface area contributed by atoms with Crippen LogP contribution < -0.4 is 5.32 Å². The molecule has 0 saturated heterocycles. The van der Waals surface area contributed by atoms with Crippen LogP contribution in [0, 0.1) is 0 Å². The highest BCUT2D eigenvalue weighted by atomic mass is 19.4. The molecular formula is C13H9F3N4O2. The molecular weight excluding hydrogens is 301 g/mol. The number of carbonyl (C=O) groups is 1. The van der Waals surface area contributed by atoms with Crippen LogP contribution in [0.25, 0.3) is 5.65 Å². The van der Waals surface area contributed by atoms with Gasteiger partial charge >= 0.3 is 6.18 Å². The smallest absolute Gasteiger partial charge is 0.420 e. The molecule has 0 aliphatic carbocycles. The van der Waals surface area contributed by atoms with E-state index < -0.39 is 17.6 Å². The Kier molecular flexibility index (Phi) is 3.32. The van der Waals surface area contributed by atoms with Gasteiger partial charge in [-0.3, -0.25) is 9.20 Å². The SMILES string of the molecule is O=C(NCc1nnc2c(C(F)(F)F)cccn12)c1ccco1. The number of furan rings is 1. The van der Waals surface area contributed by atoms with E-state index in [9.17, 15) is 18.0 Å². The van der Waals surface area contributed by atoms with Crippen LogP contribution in [0.2, 0.25) is 0 Å². The van der Waals surface area contributed by atoms with Crippen LogP contribution in [0.3, 0.4) is 0 Å². The van der Waals surface area contributed by atoms with Gasteiger partial charge in [0.25, 0.3) is 5.91 Å². The fourth-order valence-corrected chi connectivity index (χ4v) is 1.96. The summed E-state index contributed by atoms with van der Waals surface area (Å²) >= 11 is 0. The van der Waals surface area contributed by atoms with Crippen molar-refractivity contribution in [1.29, 1.82) is 0 Å². The summed E-state index contributed by atoms with van der Waals surface area (Å²) in [6.45, 7) is -0.0813. The van der Waals surface area contributed by atoms with E-state index in [0.29, 0.717) is 0 Å². The Bertz CT molecular complexity index is 808. The summed E-state index contributed by atoms with van der Waals surface area (Å²) < 4.78 is 44.7. The second kappa shape index (κ2) is 5.17. The third-order valence-electron chi connectivity index (χ3n) is 2.96. The first-order valence-electron chi connectivity index (χ1n) is 6.18. The second-order valence-electron chi connectivity index (χ2n) is 4.39. The average Bonchev–Trinajstić information content (AvgIpc) is 3.13. The van der Waals surface area contributed by atoms with Crippen LogP contribution in [0.1, 0.15) is 21.9 Å². The van der Waals surface area contributed by atoms with Crippen molar-refractivity contribution in [3.63, 3.8) is 0 Å². The van der Waals surface area contributed by atoms with Crippen LogP contribution in [-0.2, 0) is 12.7 Å². The van der Waals surface area contributed by atoms with Crippen molar-refractivity contribution in [2.75, 3.05) is 0 Å². The zero-order valence-electron chi connectivity index (χ0n) is 11.0. The molecule has 3 aromatic rings. The van der Waals surface area contributed by atoms with E-state index in [1.807, 2.05) is 0 Å². The molecule has 3 aromatic heterocycles. The Morgan fingerprint density at radius 2 is 2.09 bits per heavy atom. The molecule has 3 rings (SSSR count). The summed E-state index contributed by atoms with van der Waals surface area (Å²) in [4.78, 5) is 11.7. The first kappa shape index (κ1) is 14.1. The molecule has 0 bridgehead atoms. The van der Waals surface area contributed by atoms with Crippen LogP contribution in [0.15, 0.2) is 41.1 Å². The molecule has 1 amide bonds. The maximum Gasteiger partial charge on any atom is 0.420 e. The third-order valence-corrected chi connectivity index (χ3v) is 2.96. The predicted octanol–water partition coefficient (Wildman–Crippen LogP) is 2.27. The standard InChI is InChI=1S/C13H9F3N4O2/c14-13(15,16)8-3-1-5-20-10(18-19-11(8)20)7-17-12(21)9-4-2-6-22-9/h1-6H,7H2,(H,17,21). The van der Waals surface area contributed by atoms with E-state index in [0.717, 1.165) is 6.07 Å². The molecule has 0 fully saturated rings. The Labute approximate surface area is 121 Å². The molecule has 1 N–H and O–H groups in total. The zero-order chi connectivity index (χ0) is 15.7. The number of nitrogens with zero attached hydrogens (tertiary/aromatic N) is 3. The number of nitrogens with one attached hydrogen (secondary N) is 1. The van der Waals surface area contributed by atoms with Gasteiger partial charge in [0.05, 0.1) is 12.8 Å². The Morgan fingerprint density at radius 3 is 2.77 bits per heavy atom. The molecule has 0 aromatic carbocycles. The van der Waals surface area contributed by atoms with Crippen molar-refractivity contribution in [2.45, 2.75) is 12.7 Å². The maximum absolute atomic E-state index is 12.9. The number of pyridine rings is 1. The average molecular weight is 310 g/mol. The van der Waals surface area contributed by atoms with Crippen molar-refractivity contribution < 1.29 is 22.4 Å². The van der Waals surface area contributed by atoms with Gasteiger partial charge in [0.15, 0.2) is 17.2 Å². The highest BCUT2D eigenvalue weighted by Crippen LogP contribution is 2.31. The van der Waals surface area contributed by atoms with Gasteiger partial charge in [-0.05, 0) is 24.3 Å². The quantitative estimate of drug-likeness (QED) is 0.805. The summed E-state index contributed by atoms with van der Waals surface area (Å²) in [5.74, 6) is -0.209. The molecule has 0 saturated carbocycles. The van der Waals surface area contributed by atoms with E-state index >= 15 is 0 Å². The van der Waals surface area contributed by atoms with Gasteiger partial charge in [-0.2, -0.15) is 13.2 Å². The second-order valence-corrected chi connectivity index (χ2v) is 4.39. The largest absolute Gasteiger partial charge is 0.459 e. The number of fused-ring (bicyclic) bond motifs is 1. The lowest BCUT2D eigenvalue weighted by Crippen LogP contribution is -2.23. The normalized spacial score (nSPS) is 11.8. The highest BCUT2D eigenvalue weighted by Gasteiger charge is 2.34. The zero-order valence-corrected chi connectivity index (χ0v) is 11.0. The van der Waals surface area contributed by atoms with Crippen LogP contribution >= 0.6 is 0 Å². The maximum atomic E-state index is 12.9. The summed E-state index contributed by atoms with van der Waals surface area (Å²) in [5, 5.41) is 9.73. The first-order valence-corrected chi connectivity index (χ1v) is 6.18. The molecule has 114 valence electrons. The minimum Gasteiger partial charge on any atom is -0.459 e. The van der Waals surface area contributed by atoms with Crippen LogP contribution in [-0.4, -0.2) is 20.5 Å². The van der Waals surface area contributed by atoms with Gasteiger partial charge in [-0.1, -0.05) is 0 Å². The van der Waals surface area contributed by atoms with Gasteiger partial charge in [0.2, 0.25) is 0 Å². The number of amides is 1. The molecule has 6 nitrogen and oxygen atoms in total. The summed E-state index contributed by atoms with van der Waals surface area (Å²) in [7, 11) is 0. The van der Waals surface area contributed by atoms with Gasteiger partial charge in [0.1, 0.15) is 5.56 Å². The Balaban J connectivity index is 1.85. The Hall–Kier alpha value is -2.84. The van der Waals surface area contributed by atoms with Crippen molar-refractivity contribution in [2.24, 2.45) is 0 Å². The molecule has 3 heterocycles. The van der Waals surface area contributed by atoms with E-state index in [1.54, 1.807) is 6.07 Å². The van der Waals surface area contributed by atoms with Crippen LogP contribution in [0.5, 0.6) is 0 Å². The lowest BCUT2D eigenvalue weighted by Gasteiger charge is -2.07. The van der Waals surface area contributed by atoms with E-state index in [1.165, 1.54) is 29.0 Å². The summed E-state index contributed by atoms with van der Waals surface area (Å²) in [6.07, 6.45) is -1.78. The van der Waals surface area contributed by atoms with Gasteiger partial charge in [-0.25, -0.2) is 0 Å². The number of rotatable bonds is 3. The third kappa shape index (κ3) is 2.52. The van der Waals surface area contributed by atoms with Crippen molar-refractivity contribution in [3.8, 4) is 0 Å². The van der Waals surface area contributed by atoms with Gasteiger partial charge in [-0.15, -0.1) is 10.2 Å². The summed E-state index contributed by atoms with van der Waals surface area (Å²) in [5.41, 5.74) is -1.19. The van der Waals surface area contributed by atoms with E-state index in [2.05, 4.69) is 15.5 Å². The Morgan fingerprint density at radius 1 is 1.27 bits per heavy atom. The molecule has 0 aliphatic rings. The molecule has 0 unspecified atom stereocenters. The number of hydrogen-bond acceptors (Lipinski definition) is 4. The number of alkyl halides is 3. The summed E-state index contributed by atoms with van der Waals surface area (Å²) in [6, 6.07) is 5.20. The minimum atomic E-state index is -4.52. The minimum absolute atomic E-state index is 0.0813. The first-order chi connectivity index (χ1) is 10.5. The molecule has 0 radical (unpaired) electrons. The molecule has 22 heavy (non-hydrogen) atoms. The molecule has 0 atom stereocenters. The lowest BCUT2D eigenvalue weighted by molar-refractivity contribution is -0.136. The topological polar surface area (TPSA) is 72.4 Å².